The lowest BCUT2D eigenvalue weighted by molar-refractivity contribution is 0.352. The summed E-state index contributed by atoms with van der Waals surface area (Å²) in [6.45, 7) is 9.60. The molecule has 1 unspecified atom stereocenters. The van der Waals surface area contributed by atoms with Gasteiger partial charge in [-0.3, -0.25) is 0 Å². The highest BCUT2D eigenvalue weighted by Gasteiger charge is 2.16. The Hall–Kier alpha value is -0.410. The predicted octanol–water partition coefficient (Wildman–Crippen LogP) is 4.94. The van der Waals surface area contributed by atoms with Gasteiger partial charge in [-0.05, 0) is 69.8 Å². The van der Waals surface area contributed by atoms with E-state index in [1.165, 1.54) is 0 Å². The Morgan fingerprint density at radius 3 is 2.58 bits per heavy atom. The van der Waals surface area contributed by atoms with Gasteiger partial charge in [0.25, 0.3) is 0 Å². The standard InChI is InChI=1S/C16H25BrFN/c1-5-6-12(11-19-16(2,3)4)9-13-10-14(17)7-8-15(13)18/h7-8,10,12,19H,5-6,9,11H2,1-4H3. The molecule has 0 saturated carbocycles. The largest absolute Gasteiger partial charge is 0.312 e. The van der Waals surface area contributed by atoms with Gasteiger partial charge in [-0.2, -0.15) is 0 Å². The molecule has 1 aromatic carbocycles. The zero-order valence-corrected chi connectivity index (χ0v) is 14.0. The van der Waals surface area contributed by atoms with Crippen molar-refractivity contribution in [1.82, 2.24) is 5.32 Å². The maximum Gasteiger partial charge on any atom is 0.126 e. The lowest BCUT2D eigenvalue weighted by Crippen LogP contribution is -2.39. The van der Waals surface area contributed by atoms with Gasteiger partial charge in [0.15, 0.2) is 0 Å². The molecule has 1 nitrogen and oxygen atoms in total. The number of rotatable bonds is 6. The van der Waals surface area contributed by atoms with E-state index in [-0.39, 0.29) is 11.4 Å². The molecule has 0 saturated heterocycles. The van der Waals surface area contributed by atoms with Crippen LogP contribution in [-0.2, 0) is 6.42 Å². The van der Waals surface area contributed by atoms with Gasteiger partial charge in [0.1, 0.15) is 5.82 Å². The molecule has 0 heterocycles. The van der Waals surface area contributed by atoms with Crippen molar-refractivity contribution in [2.45, 2.75) is 52.5 Å². The van der Waals surface area contributed by atoms with Gasteiger partial charge in [-0.15, -0.1) is 0 Å². The molecule has 0 amide bonds. The number of halogens is 2. The van der Waals surface area contributed by atoms with Crippen molar-refractivity contribution >= 4 is 15.9 Å². The van der Waals surface area contributed by atoms with Crippen LogP contribution in [0.2, 0.25) is 0 Å². The zero-order chi connectivity index (χ0) is 14.5. The summed E-state index contributed by atoms with van der Waals surface area (Å²) in [5.41, 5.74) is 0.922. The molecule has 3 heteroatoms. The van der Waals surface area contributed by atoms with Gasteiger partial charge < -0.3 is 5.32 Å². The summed E-state index contributed by atoms with van der Waals surface area (Å²) in [6, 6.07) is 5.19. The molecule has 108 valence electrons. The van der Waals surface area contributed by atoms with E-state index in [1.54, 1.807) is 12.1 Å². The summed E-state index contributed by atoms with van der Waals surface area (Å²) >= 11 is 3.41. The normalized spacial score (nSPS) is 13.6. The molecule has 1 rings (SSSR count). The van der Waals surface area contributed by atoms with Crippen LogP contribution < -0.4 is 5.32 Å². The Bertz CT molecular complexity index is 398. The molecule has 0 aromatic heterocycles. The van der Waals surface area contributed by atoms with Gasteiger partial charge in [0.05, 0.1) is 0 Å². The lowest BCUT2D eigenvalue weighted by atomic mass is 9.93. The van der Waals surface area contributed by atoms with Crippen molar-refractivity contribution in [2.75, 3.05) is 6.54 Å². The molecule has 0 aliphatic carbocycles. The Morgan fingerprint density at radius 1 is 1.32 bits per heavy atom. The molecular weight excluding hydrogens is 305 g/mol. The van der Waals surface area contributed by atoms with Crippen LogP contribution in [0, 0.1) is 11.7 Å². The Morgan fingerprint density at radius 2 is 2.00 bits per heavy atom. The molecule has 1 aromatic rings. The van der Waals surface area contributed by atoms with E-state index in [4.69, 9.17) is 0 Å². The highest BCUT2D eigenvalue weighted by atomic mass is 79.9. The fourth-order valence-corrected chi connectivity index (χ4v) is 2.55. The highest BCUT2D eigenvalue weighted by Crippen LogP contribution is 2.21. The second-order valence-corrected chi connectivity index (χ2v) is 7.14. The van der Waals surface area contributed by atoms with Crippen molar-refractivity contribution in [3.05, 3.63) is 34.1 Å². The monoisotopic (exact) mass is 329 g/mol. The smallest absolute Gasteiger partial charge is 0.126 e. The molecule has 0 bridgehead atoms. The van der Waals surface area contributed by atoms with E-state index in [0.29, 0.717) is 5.92 Å². The molecule has 1 N–H and O–H groups in total. The second kappa shape index (κ2) is 7.39. The fourth-order valence-electron chi connectivity index (χ4n) is 2.15. The van der Waals surface area contributed by atoms with E-state index < -0.39 is 0 Å². The van der Waals surface area contributed by atoms with Crippen LogP contribution in [0.15, 0.2) is 22.7 Å². The molecule has 0 spiro atoms. The van der Waals surface area contributed by atoms with Gasteiger partial charge in [-0.25, -0.2) is 4.39 Å². The highest BCUT2D eigenvalue weighted by molar-refractivity contribution is 9.10. The van der Waals surface area contributed by atoms with Gasteiger partial charge in [0, 0.05) is 10.0 Å². The molecule has 0 aliphatic heterocycles. The van der Waals surface area contributed by atoms with Crippen molar-refractivity contribution < 1.29 is 4.39 Å². The third kappa shape index (κ3) is 6.53. The first kappa shape index (κ1) is 16.6. The maximum atomic E-state index is 13.8. The minimum absolute atomic E-state index is 0.0972. The molecule has 0 radical (unpaired) electrons. The summed E-state index contributed by atoms with van der Waals surface area (Å²) in [5, 5.41) is 3.53. The summed E-state index contributed by atoms with van der Waals surface area (Å²) in [4.78, 5) is 0. The fraction of sp³-hybridized carbons (Fsp3) is 0.625. The van der Waals surface area contributed by atoms with Crippen LogP contribution in [0.25, 0.3) is 0 Å². The second-order valence-electron chi connectivity index (χ2n) is 6.23. The van der Waals surface area contributed by atoms with Gasteiger partial charge >= 0.3 is 0 Å². The van der Waals surface area contributed by atoms with E-state index in [2.05, 4.69) is 48.9 Å². The average Bonchev–Trinajstić information content (AvgIpc) is 2.30. The van der Waals surface area contributed by atoms with E-state index in [9.17, 15) is 4.39 Å². The van der Waals surface area contributed by atoms with Crippen molar-refractivity contribution in [1.29, 1.82) is 0 Å². The third-order valence-electron chi connectivity index (χ3n) is 3.13. The number of benzene rings is 1. The van der Waals surface area contributed by atoms with E-state index in [0.717, 1.165) is 35.8 Å². The topological polar surface area (TPSA) is 12.0 Å². The van der Waals surface area contributed by atoms with Crippen molar-refractivity contribution in [2.24, 2.45) is 5.92 Å². The maximum absolute atomic E-state index is 13.8. The summed E-state index contributed by atoms with van der Waals surface area (Å²) in [5.74, 6) is 0.382. The minimum Gasteiger partial charge on any atom is -0.312 e. The molecule has 1 atom stereocenters. The van der Waals surface area contributed by atoms with E-state index in [1.807, 2.05) is 6.07 Å². The van der Waals surface area contributed by atoms with Gasteiger partial charge in [0.2, 0.25) is 0 Å². The first-order valence-corrected chi connectivity index (χ1v) is 7.80. The summed E-state index contributed by atoms with van der Waals surface area (Å²) in [6.07, 6.45) is 3.04. The van der Waals surface area contributed by atoms with Crippen LogP contribution in [0.4, 0.5) is 4.39 Å². The van der Waals surface area contributed by atoms with Crippen LogP contribution in [0.3, 0.4) is 0 Å². The van der Waals surface area contributed by atoms with Crippen LogP contribution in [0.1, 0.15) is 46.1 Å². The zero-order valence-electron chi connectivity index (χ0n) is 12.4. The molecule has 0 fully saturated rings. The van der Waals surface area contributed by atoms with E-state index >= 15 is 0 Å². The Kier molecular flexibility index (Phi) is 6.48. The Labute approximate surface area is 125 Å². The predicted molar refractivity (Wildman–Crippen MR) is 84.0 cm³/mol. The van der Waals surface area contributed by atoms with Crippen molar-refractivity contribution in [3.8, 4) is 0 Å². The average molecular weight is 330 g/mol. The number of hydrogen-bond donors (Lipinski definition) is 1. The summed E-state index contributed by atoms with van der Waals surface area (Å²) < 4.78 is 14.8. The molecular formula is C16H25BrFN. The molecule has 0 aliphatic rings. The SMILES string of the molecule is CCCC(CNC(C)(C)C)Cc1cc(Br)ccc1F. The molecule has 19 heavy (non-hydrogen) atoms. The third-order valence-corrected chi connectivity index (χ3v) is 3.63. The van der Waals surface area contributed by atoms with Crippen LogP contribution in [0.5, 0.6) is 0 Å². The summed E-state index contributed by atoms with van der Waals surface area (Å²) in [7, 11) is 0. The number of nitrogens with one attached hydrogen (secondary N) is 1. The van der Waals surface area contributed by atoms with Crippen LogP contribution >= 0.6 is 15.9 Å². The quantitative estimate of drug-likeness (QED) is 0.779. The first-order valence-electron chi connectivity index (χ1n) is 7.00. The lowest BCUT2D eigenvalue weighted by Gasteiger charge is -2.25. The Balaban J connectivity index is 2.69. The van der Waals surface area contributed by atoms with Crippen LogP contribution in [-0.4, -0.2) is 12.1 Å². The first-order chi connectivity index (χ1) is 8.81. The minimum atomic E-state index is -0.0972. The number of hydrogen-bond acceptors (Lipinski definition) is 1. The van der Waals surface area contributed by atoms with Crippen molar-refractivity contribution in [3.63, 3.8) is 0 Å². The van der Waals surface area contributed by atoms with Gasteiger partial charge in [-0.1, -0.05) is 29.3 Å².